The third-order valence-corrected chi connectivity index (χ3v) is 5.19. The molecule has 2 aliphatic heterocycles. The first-order chi connectivity index (χ1) is 15.6. The van der Waals surface area contributed by atoms with Crippen molar-refractivity contribution in [1.82, 2.24) is 9.80 Å². The first-order valence-electron chi connectivity index (χ1n) is 11.4. The van der Waals surface area contributed by atoms with E-state index in [4.69, 9.17) is 4.74 Å². The summed E-state index contributed by atoms with van der Waals surface area (Å²) in [7, 11) is 0. The summed E-state index contributed by atoms with van der Waals surface area (Å²) >= 11 is 0. The van der Waals surface area contributed by atoms with Gasteiger partial charge in [-0.25, -0.2) is 0 Å². The molecule has 0 aromatic heterocycles. The van der Waals surface area contributed by atoms with Gasteiger partial charge in [0.05, 0.1) is 19.8 Å². The Morgan fingerprint density at radius 1 is 0.647 bits per heavy atom. The number of ketones is 2. The van der Waals surface area contributed by atoms with Gasteiger partial charge >= 0.3 is 0 Å². The molecule has 0 aromatic carbocycles. The summed E-state index contributed by atoms with van der Waals surface area (Å²) in [5.41, 5.74) is -0.703. The first kappa shape index (κ1) is 29.1. The molecule has 0 fully saturated rings. The zero-order chi connectivity index (χ0) is 26.1. The van der Waals surface area contributed by atoms with Gasteiger partial charge in [0.1, 0.15) is 11.6 Å². The fraction of sp³-hybridized carbons (Fsp3) is 0.600. The Kier molecular flexibility index (Phi) is 10.7. The number of rotatable bonds is 10. The van der Waals surface area contributed by atoms with Crippen molar-refractivity contribution in [3.05, 3.63) is 24.3 Å². The summed E-state index contributed by atoms with van der Waals surface area (Å²) in [6.45, 7) is 12.3. The molecule has 0 saturated heterocycles. The van der Waals surface area contributed by atoms with Crippen molar-refractivity contribution in [2.75, 3.05) is 26.3 Å². The lowest BCUT2D eigenvalue weighted by atomic mass is 9.88. The maximum atomic E-state index is 11.6. The molecule has 0 spiro atoms. The fourth-order valence-electron chi connectivity index (χ4n) is 2.87. The molecule has 2 rings (SSSR count). The zero-order valence-corrected chi connectivity index (χ0v) is 21.0. The molecule has 0 atom stereocenters. The third-order valence-electron chi connectivity index (χ3n) is 5.19. The SMILES string of the molecule is CC(C)(C)C(=O)CCCN1C(=O)C=CC1=O.CC(C)(C)C(=O)CCOCCN1C(=O)C=CC1=O. The lowest BCUT2D eigenvalue weighted by Crippen LogP contribution is -2.33. The van der Waals surface area contributed by atoms with Crippen LogP contribution in [0.3, 0.4) is 0 Å². The zero-order valence-electron chi connectivity index (χ0n) is 21.0. The van der Waals surface area contributed by atoms with Crippen LogP contribution in [0.25, 0.3) is 0 Å². The molecular formula is C25H36N2O7. The van der Waals surface area contributed by atoms with Crippen molar-refractivity contribution in [2.45, 2.75) is 60.8 Å². The summed E-state index contributed by atoms with van der Waals surface area (Å²) in [6.07, 6.45) is 6.29. The number of hydrogen-bond acceptors (Lipinski definition) is 7. The highest BCUT2D eigenvalue weighted by molar-refractivity contribution is 6.13. The maximum Gasteiger partial charge on any atom is 0.253 e. The van der Waals surface area contributed by atoms with E-state index in [-0.39, 0.29) is 59.2 Å². The molecule has 2 aliphatic rings. The predicted octanol–water partition coefficient (Wildman–Crippen LogP) is 2.24. The van der Waals surface area contributed by atoms with Crippen LogP contribution >= 0.6 is 0 Å². The van der Waals surface area contributed by atoms with Crippen molar-refractivity contribution in [3.63, 3.8) is 0 Å². The molecule has 0 aromatic rings. The molecule has 4 amide bonds. The van der Waals surface area contributed by atoms with Crippen LogP contribution < -0.4 is 0 Å². The van der Waals surface area contributed by atoms with E-state index >= 15 is 0 Å². The number of carbonyl (C=O) groups excluding carboxylic acids is 6. The van der Waals surface area contributed by atoms with Crippen molar-refractivity contribution in [3.8, 4) is 0 Å². The summed E-state index contributed by atoms with van der Waals surface area (Å²) in [5.74, 6) is -0.901. The van der Waals surface area contributed by atoms with Gasteiger partial charge < -0.3 is 4.74 Å². The number of amides is 4. The molecule has 188 valence electrons. The van der Waals surface area contributed by atoms with Gasteiger partial charge in [0.25, 0.3) is 23.6 Å². The number of carbonyl (C=O) groups is 6. The Balaban J connectivity index is 0.000000342. The molecule has 0 unspecified atom stereocenters. The van der Waals surface area contributed by atoms with E-state index in [9.17, 15) is 28.8 Å². The molecule has 0 saturated carbocycles. The van der Waals surface area contributed by atoms with Crippen LogP contribution in [0.15, 0.2) is 24.3 Å². The second-order valence-electron chi connectivity index (χ2n) is 10.1. The minimum absolute atomic E-state index is 0.137. The number of Topliss-reactive ketones (excluding diaryl/α,β-unsaturated/α-hetero) is 2. The van der Waals surface area contributed by atoms with E-state index < -0.39 is 0 Å². The average Bonchev–Trinajstić information content (AvgIpc) is 3.22. The molecule has 34 heavy (non-hydrogen) atoms. The van der Waals surface area contributed by atoms with Gasteiger partial charge in [-0.3, -0.25) is 38.6 Å². The topological polar surface area (TPSA) is 118 Å². The Morgan fingerprint density at radius 3 is 1.44 bits per heavy atom. The van der Waals surface area contributed by atoms with Crippen molar-refractivity contribution in [1.29, 1.82) is 0 Å². The highest BCUT2D eigenvalue weighted by Crippen LogP contribution is 2.18. The summed E-state index contributed by atoms with van der Waals surface area (Å²) in [4.78, 5) is 70.2. The number of ether oxygens (including phenoxy) is 1. The van der Waals surface area contributed by atoms with Gasteiger partial charge in [-0.1, -0.05) is 41.5 Å². The Bertz CT molecular complexity index is 837. The molecule has 0 aliphatic carbocycles. The number of hydrogen-bond donors (Lipinski definition) is 0. The van der Waals surface area contributed by atoms with Gasteiger partial charge in [-0.05, 0) is 6.42 Å². The molecule has 0 N–H and O–H groups in total. The van der Waals surface area contributed by atoms with Gasteiger partial charge in [0, 0.05) is 54.5 Å². The van der Waals surface area contributed by atoms with Crippen LogP contribution in [-0.4, -0.2) is 71.3 Å². The van der Waals surface area contributed by atoms with Gasteiger partial charge in [-0.15, -0.1) is 0 Å². The summed E-state index contributed by atoms with van der Waals surface area (Å²) < 4.78 is 5.26. The van der Waals surface area contributed by atoms with Crippen LogP contribution in [0, 0.1) is 10.8 Å². The highest BCUT2D eigenvalue weighted by atomic mass is 16.5. The monoisotopic (exact) mass is 476 g/mol. The van der Waals surface area contributed by atoms with Crippen LogP contribution in [0.4, 0.5) is 0 Å². The van der Waals surface area contributed by atoms with E-state index in [1.165, 1.54) is 24.3 Å². The van der Waals surface area contributed by atoms with Crippen LogP contribution in [-0.2, 0) is 33.5 Å². The summed E-state index contributed by atoms with van der Waals surface area (Å²) in [6, 6.07) is 0. The number of imide groups is 2. The first-order valence-corrected chi connectivity index (χ1v) is 11.4. The minimum atomic E-state index is -0.353. The van der Waals surface area contributed by atoms with Crippen molar-refractivity contribution in [2.24, 2.45) is 10.8 Å². The van der Waals surface area contributed by atoms with Crippen LogP contribution in [0.5, 0.6) is 0 Å². The molecule has 0 radical (unpaired) electrons. The third kappa shape index (κ3) is 9.51. The standard InChI is InChI=1S/C13H19NO4.C12H17NO3/c1-13(2,3)10(15)6-8-18-9-7-14-11(16)4-5-12(14)17;1-12(2,3)9(14)5-4-8-13-10(15)6-7-11(13)16/h4-5H,6-9H2,1-3H3;6-7H,4-5,8H2,1-3H3. The van der Waals surface area contributed by atoms with Crippen molar-refractivity contribution >= 4 is 35.2 Å². The Hall–Kier alpha value is -2.94. The normalized spacial score (nSPS) is 15.8. The fourth-order valence-corrected chi connectivity index (χ4v) is 2.87. The lowest BCUT2D eigenvalue weighted by molar-refractivity contribution is -0.139. The van der Waals surface area contributed by atoms with E-state index in [1.807, 2.05) is 41.5 Å². The molecule has 0 bridgehead atoms. The summed E-state index contributed by atoms with van der Waals surface area (Å²) in [5, 5.41) is 0. The smallest absolute Gasteiger partial charge is 0.253 e. The molecule has 9 heteroatoms. The van der Waals surface area contributed by atoms with E-state index in [1.54, 1.807) is 0 Å². The quantitative estimate of drug-likeness (QED) is 0.350. The van der Waals surface area contributed by atoms with E-state index in [2.05, 4.69) is 0 Å². The molecule has 2 heterocycles. The Labute approximate surface area is 201 Å². The predicted molar refractivity (Wildman–Crippen MR) is 125 cm³/mol. The highest BCUT2D eigenvalue weighted by Gasteiger charge is 2.25. The maximum absolute atomic E-state index is 11.6. The molecular weight excluding hydrogens is 440 g/mol. The second-order valence-corrected chi connectivity index (χ2v) is 10.1. The second kappa shape index (κ2) is 12.5. The number of nitrogens with zero attached hydrogens (tertiary/aromatic N) is 2. The largest absolute Gasteiger partial charge is 0.379 e. The van der Waals surface area contributed by atoms with Gasteiger partial charge in [0.2, 0.25) is 0 Å². The van der Waals surface area contributed by atoms with Crippen LogP contribution in [0.2, 0.25) is 0 Å². The van der Waals surface area contributed by atoms with E-state index in [0.717, 1.165) is 9.80 Å². The van der Waals surface area contributed by atoms with E-state index in [0.29, 0.717) is 32.4 Å². The van der Waals surface area contributed by atoms with Gasteiger partial charge in [-0.2, -0.15) is 0 Å². The Morgan fingerprint density at radius 2 is 1.03 bits per heavy atom. The lowest BCUT2D eigenvalue weighted by Gasteiger charge is -2.18. The minimum Gasteiger partial charge on any atom is -0.379 e. The molecule has 9 nitrogen and oxygen atoms in total. The van der Waals surface area contributed by atoms with Gasteiger partial charge in [0.15, 0.2) is 0 Å². The van der Waals surface area contributed by atoms with Crippen molar-refractivity contribution < 1.29 is 33.5 Å². The van der Waals surface area contributed by atoms with Crippen LogP contribution in [0.1, 0.15) is 60.8 Å². The average molecular weight is 477 g/mol.